The summed E-state index contributed by atoms with van der Waals surface area (Å²) in [7, 11) is 4.10. The highest BCUT2D eigenvalue weighted by molar-refractivity contribution is 5.72. The molecule has 0 aromatic carbocycles. The zero-order chi connectivity index (χ0) is 29.7. The standard InChI is InChI=1S/C35H69NO4/c1-6-9-12-15-17-19-21-26-32(27-22-20-18-16-13-10-7-2)35(38)39-31-33(28-23-14-11-8-3)40-34(37)29-24-25-30-36(4)5/h32-33H,6-31H2,1-5H3. The van der Waals surface area contributed by atoms with E-state index in [1.165, 1.54) is 89.9 Å². The summed E-state index contributed by atoms with van der Waals surface area (Å²) >= 11 is 0. The Hall–Kier alpha value is -1.10. The van der Waals surface area contributed by atoms with Gasteiger partial charge in [0.1, 0.15) is 12.7 Å². The Bertz CT molecular complexity index is 548. The van der Waals surface area contributed by atoms with Crippen molar-refractivity contribution in [1.82, 2.24) is 4.90 Å². The number of ether oxygens (including phenoxy) is 2. The van der Waals surface area contributed by atoms with Crippen molar-refractivity contribution in [2.75, 3.05) is 27.2 Å². The van der Waals surface area contributed by atoms with E-state index in [4.69, 9.17) is 9.47 Å². The van der Waals surface area contributed by atoms with Gasteiger partial charge in [-0.3, -0.25) is 9.59 Å². The third-order valence-electron chi connectivity index (χ3n) is 7.97. The Morgan fingerprint density at radius 3 is 1.52 bits per heavy atom. The molecule has 0 fully saturated rings. The highest BCUT2D eigenvalue weighted by atomic mass is 16.6. The second-order valence-corrected chi connectivity index (χ2v) is 12.4. The average Bonchev–Trinajstić information content (AvgIpc) is 2.93. The average molecular weight is 568 g/mol. The molecule has 0 bridgehead atoms. The van der Waals surface area contributed by atoms with Crippen LogP contribution in [0.4, 0.5) is 0 Å². The van der Waals surface area contributed by atoms with Gasteiger partial charge in [0, 0.05) is 6.42 Å². The maximum absolute atomic E-state index is 13.2. The summed E-state index contributed by atoms with van der Waals surface area (Å²) in [6, 6.07) is 0. The number of hydrogen-bond acceptors (Lipinski definition) is 5. The summed E-state index contributed by atoms with van der Waals surface area (Å²) in [6.45, 7) is 7.89. The second kappa shape index (κ2) is 29.4. The lowest BCUT2D eigenvalue weighted by Gasteiger charge is -2.21. The van der Waals surface area contributed by atoms with Crippen molar-refractivity contribution in [3.05, 3.63) is 0 Å². The molecule has 0 saturated heterocycles. The van der Waals surface area contributed by atoms with Crippen LogP contribution in [-0.4, -0.2) is 50.2 Å². The zero-order valence-corrected chi connectivity index (χ0v) is 27.6. The first-order valence-electron chi connectivity index (χ1n) is 17.4. The third kappa shape index (κ3) is 25.8. The first kappa shape index (κ1) is 38.9. The normalized spacial score (nSPS) is 12.3. The van der Waals surface area contributed by atoms with Crippen molar-refractivity contribution in [3.8, 4) is 0 Å². The molecule has 0 N–H and O–H groups in total. The van der Waals surface area contributed by atoms with Crippen molar-refractivity contribution in [1.29, 1.82) is 0 Å². The number of nitrogens with zero attached hydrogens (tertiary/aromatic N) is 1. The molecule has 0 aromatic rings. The summed E-state index contributed by atoms with van der Waals surface area (Å²) in [6.07, 6.45) is 26.7. The van der Waals surface area contributed by atoms with Gasteiger partial charge in [-0.05, 0) is 59.2 Å². The Kier molecular flexibility index (Phi) is 28.6. The third-order valence-corrected chi connectivity index (χ3v) is 7.97. The largest absolute Gasteiger partial charge is 0.462 e. The molecule has 1 atom stereocenters. The molecule has 5 heteroatoms. The minimum absolute atomic E-state index is 0.0197. The van der Waals surface area contributed by atoms with E-state index in [0.29, 0.717) is 6.42 Å². The van der Waals surface area contributed by atoms with Gasteiger partial charge in [0.25, 0.3) is 0 Å². The van der Waals surface area contributed by atoms with Crippen molar-refractivity contribution in [2.45, 2.75) is 181 Å². The van der Waals surface area contributed by atoms with Crippen LogP contribution in [-0.2, 0) is 19.1 Å². The molecule has 40 heavy (non-hydrogen) atoms. The van der Waals surface area contributed by atoms with Gasteiger partial charge in [0.2, 0.25) is 0 Å². The maximum Gasteiger partial charge on any atom is 0.309 e. The number of esters is 2. The van der Waals surface area contributed by atoms with Gasteiger partial charge < -0.3 is 14.4 Å². The van der Waals surface area contributed by atoms with E-state index in [2.05, 4.69) is 25.7 Å². The summed E-state index contributed by atoms with van der Waals surface area (Å²) < 4.78 is 11.7. The Balaban J connectivity index is 4.78. The molecule has 1 unspecified atom stereocenters. The van der Waals surface area contributed by atoms with E-state index in [-0.39, 0.29) is 30.6 Å². The topological polar surface area (TPSA) is 55.8 Å². The van der Waals surface area contributed by atoms with E-state index in [1.54, 1.807) is 0 Å². The maximum atomic E-state index is 13.2. The minimum Gasteiger partial charge on any atom is -0.462 e. The Labute approximate surface area is 249 Å². The van der Waals surface area contributed by atoms with Crippen LogP contribution >= 0.6 is 0 Å². The van der Waals surface area contributed by atoms with Gasteiger partial charge in [-0.2, -0.15) is 0 Å². The monoisotopic (exact) mass is 568 g/mol. The Morgan fingerprint density at radius 1 is 0.575 bits per heavy atom. The van der Waals surface area contributed by atoms with Gasteiger partial charge in [-0.1, -0.05) is 130 Å². The molecule has 0 aliphatic carbocycles. The molecule has 0 spiro atoms. The van der Waals surface area contributed by atoms with Crippen LogP contribution in [0.25, 0.3) is 0 Å². The number of unbranched alkanes of at least 4 members (excludes halogenated alkanes) is 16. The molecule has 0 rings (SSSR count). The lowest BCUT2D eigenvalue weighted by atomic mass is 9.94. The highest BCUT2D eigenvalue weighted by Crippen LogP contribution is 2.22. The summed E-state index contributed by atoms with van der Waals surface area (Å²) in [5.74, 6) is -0.246. The van der Waals surface area contributed by atoms with Crippen molar-refractivity contribution >= 4 is 11.9 Å². The number of carbonyl (C=O) groups is 2. The molecule has 0 radical (unpaired) electrons. The van der Waals surface area contributed by atoms with E-state index in [0.717, 1.165) is 64.3 Å². The quantitative estimate of drug-likeness (QED) is 0.0638. The first-order valence-corrected chi connectivity index (χ1v) is 17.4. The molecule has 0 aromatic heterocycles. The molecular formula is C35H69NO4. The van der Waals surface area contributed by atoms with E-state index in [1.807, 2.05) is 14.1 Å². The molecule has 5 nitrogen and oxygen atoms in total. The number of carbonyl (C=O) groups excluding carboxylic acids is 2. The predicted octanol–water partition coefficient (Wildman–Crippen LogP) is 10.0. The fraction of sp³-hybridized carbons (Fsp3) is 0.943. The predicted molar refractivity (Wildman–Crippen MR) is 171 cm³/mol. The van der Waals surface area contributed by atoms with E-state index < -0.39 is 0 Å². The minimum atomic E-state index is -0.320. The molecule has 0 aliphatic heterocycles. The van der Waals surface area contributed by atoms with Gasteiger partial charge in [-0.25, -0.2) is 0 Å². The van der Waals surface area contributed by atoms with Gasteiger partial charge in [0.05, 0.1) is 5.92 Å². The zero-order valence-electron chi connectivity index (χ0n) is 27.6. The van der Waals surface area contributed by atoms with Crippen LogP contribution in [0.15, 0.2) is 0 Å². The van der Waals surface area contributed by atoms with E-state index >= 15 is 0 Å². The molecule has 0 saturated carbocycles. The number of hydrogen-bond donors (Lipinski definition) is 0. The summed E-state index contributed by atoms with van der Waals surface area (Å²) in [5, 5.41) is 0. The summed E-state index contributed by atoms with van der Waals surface area (Å²) in [4.78, 5) is 27.9. The number of rotatable bonds is 30. The van der Waals surface area contributed by atoms with Crippen molar-refractivity contribution in [2.24, 2.45) is 5.92 Å². The van der Waals surface area contributed by atoms with Crippen LogP contribution in [0.1, 0.15) is 175 Å². The van der Waals surface area contributed by atoms with Gasteiger partial charge >= 0.3 is 11.9 Å². The molecular weight excluding hydrogens is 498 g/mol. The Morgan fingerprint density at radius 2 is 1.02 bits per heavy atom. The van der Waals surface area contributed by atoms with E-state index in [9.17, 15) is 9.59 Å². The summed E-state index contributed by atoms with van der Waals surface area (Å²) in [5.41, 5.74) is 0. The molecule has 0 heterocycles. The van der Waals surface area contributed by atoms with Crippen LogP contribution in [0.2, 0.25) is 0 Å². The van der Waals surface area contributed by atoms with Crippen LogP contribution in [0.3, 0.4) is 0 Å². The van der Waals surface area contributed by atoms with Crippen LogP contribution in [0, 0.1) is 5.92 Å². The fourth-order valence-corrected chi connectivity index (χ4v) is 5.29. The van der Waals surface area contributed by atoms with Crippen LogP contribution < -0.4 is 0 Å². The van der Waals surface area contributed by atoms with Crippen LogP contribution in [0.5, 0.6) is 0 Å². The fourth-order valence-electron chi connectivity index (χ4n) is 5.29. The van der Waals surface area contributed by atoms with Gasteiger partial charge in [0.15, 0.2) is 0 Å². The van der Waals surface area contributed by atoms with Crippen molar-refractivity contribution in [3.63, 3.8) is 0 Å². The lowest BCUT2D eigenvalue weighted by Crippen LogP contribution is -2.28. The van der Waals surface area contributed by atoms with Crippen molar-refractivity contribution < 1.29 is 19.1 Å². The first-order chi connectivity index (χ1) is 19.4. The molecule has 0 aliphatic rings. The smallest absolute Gasteiger partial charge is 0.309 e. The lowest BCUT2D eigenvalue weighted by molar-refractivity contribution is -0.162. The second-order valence-electron chi connectivity index (χ2n) is 12.4. The molecule has 238 valence electrons. The SMILES string of the molecule is CCCCCCCCCC(CCCCCCCCC)C(=O)OCC(CCCCCC)OC(=O)CCCCN(C)C. The highest BCUT2D eigenvalue weighted by Gasteiger charge is 2.22. The molecule has 0 amide bonds. The van der Waals surface area contributed by atoms with Gasteiger partial charge in [-0.15, -0.1) is 0 Å².